The van der Waals surface area contributed by atoms with Crippen molar-refractivity contribution in [3.8, 4) is 11.8 Å². The Morgan fingerprint density at radius 1 is 1.53 bits per heavy atom. The molecular formula is C7H6F4N2O4. The molecule has 0 saturated carbocycles. The van der Waals surface area contributed by atoms with Crippen LogP contribution < -0.4 is 9.47 Å². The van der Waals surface area contributed by atoms with Crippen LogP contribution in [-0.4, -0.2) is 33.8 Å². The molecule has 0 aliphatic rings. The van der Waals surface area contributed by atoms with Gasteiger partial charge >= 0.3 is 12.3 Å². The molecule has 0 aromatic carbocycles. The zero-order valence-corrected chi connectivity index (χ0v) is 8.29. The summed E-state index contributed by atoms with van der Waals surface area (Å²) in [4.78, 5) is 10.1. The Labute approximate surface area is 91.3 Å². The SMILES string of the molecule is Cn1nc(OCC(F)(F)F)c(F)c1OC(=O)O. The lowest BCUT2D eigenvalue weighted by atomic mass is 10.6. The predicted molar refractivity (Wildman–Crippen MR) is 43.4 cm³/mol. The van der Waals surface area contributed by atoms with Crippen molar-refractivity contribution < 1.29 is 36.9 Å². The van der Waals surface area contributed by atoms with Gasteiger partial charge in [-0.3, -0.25) is 0 Å². The zero-order chi connectivity index (χ0) is 13.2. The normalized spacial score (nSPS) is 11.4. The molecule has 0 atom stereocenters. The van der Waals surface area contributed by atoms with Crippen molar-refractivity contribution in [1.29, 1.82) is 0 Å². The van der Waals surface area contributed by atoms with Gasteiger partial charge in [0, 0.05) is 7.05 Å². The Bertz CT molecular complexity index is 428. The molecule has 10 heteroatoms. The van der Waals surface area contributed by atoms with E-state index >= 15 is 0 Å². The van der Waals surface area contributed by atoms with Crippen LogP contribution in [0.25, 0.3) is 0 Å². The summed E-state index contributed by atoms with van der Waals surface area (Å²) < 4.78 is 57.2. The maximum absolute atomic E-state index is 13.3. The van der Waals surface area contributed by atoms with E-state index in [1.807, 2.05) is 0 Å². The second kappa shape index (κ2) is 4.47. The number of rotatable bonds is 3. The minimum absolute atomic E-state index is 0.606. The summed E-state index contributed by atoms with van der Waals surface area (Å²) in [5, 5.41) is 11.4. The van der Waals surface area contributed by atoms with Crippen LogP contribution in [-0.2, 0) is 7.05 Å². The molecule has 1 N–H and O–H groups in total. The number of carboxylic acid groups (broad SMARTS) is 1. The van der Waals surface area contributed by atoms with E-state index in [-0.39, 0.29) is 0 Å². The van der Waals surface area contributed by atoms with Gasteiger partial charge < -0.3 is 14.6 Å². The quantitative estimate of drug-likeness (QED) is 0.657. The van der Waals surface area contributed by atoms with E-state index in [2.05, 4.69) is 14.6 Å². The third-order valence-corrected chi connectivity index (χ3v) is 1.47. The maximum Gasteiger partial charge on any atom is 0.512 e. The fourth-order valence-electron chi connectivity index (χ4n) is 0.895. The van der Waals surface area contributed by atoms with E-state index < -0.39 is 36.5 Å². The molecule has 1 heterocycles. The number of aromatic nitrogens is 2. The summed E-state index contributed by atoms with van der Waals surface area (Å²) in [6.07, 6.45) is -6.48. The minimum Gasteiger partial charge on any atom is -0.465 e. The number of alkyl halides is 3. The Hall–Kier alpha value is -2.00. The highest BCUT2D eigenvalue weighted by Crippen LogP contribution is 2.27. The summed E-state index contributed by atoms with van der Waals surface area (Å²) in [7, 11) is 1.09. The number of hydrogen-bond acceptors (Lipinski definition) is 4. The molecule has 6 nitrogen and oxygen atoms in total. The average Bonchev–Trinajstić information content (AvgIpc) is 2.41. The molecule has 0 bridgehead atoms. The van der Waals surface area contributed by atoms with E-state index in [1.165, 1.54) is 0 Å². The average molecular weight is 258 g/mol. The van der Waals surface area contributed by atoms with Gasteiger partial charge in [0.15, 0.2) is 6.61 Å². The summed E-state index contributed by atoms with van der Waals surface area (Å²) in [6, 6.07) is 0. The van der Waals surface area contributed by atoms with Gasteiger partial charge in [-0.2, -0.15) is 17.6 Å². The van der Waals surface area contributed by atoms with Gasteiger partial charge in [0.2, 0.25) is 5.82 Å². The van der Waals surface area contributed by atoms with Gasteiger partial charge in [-0.15, -0.1) is 5.10 Å². The lowest BCUT2D eigenvalue weighted by Crippen LogP contribution is -2.19. The van der Waals surface area contributed by atoms with Gasteiger partial charge in [-0.25, -0.2) is 9.48 Å². The van der Waals surface area contributed by atoms with E-state index in [1.54, 1.807) is 0 Å². The van der Waals surface area contributed by atoms with Crippen LogP contribution in [0.15, 0.2) is 0 Å². The third kappa shape index (κ3) is 3.50. The van der Waals surface area contributed by atoms with Crippen molar-refractivity contribution in [3.05, 3.63) is 5.82 Å². The van der Waals surface area contributed by atoms with Gasteiger partial charge in [-0.1, -0.05) is 0 Å². The van der Waals surface area contributed by atoms with Crippen LogP contribution in [0.1, 0.15) is 0 Å². The van der Waals surface area contributed by atoms with E-state index in [0.717, 1.165) is 7.05 Å². The number of ether oxygens (including phenoxy) is 2. The van der Waals surface area contributed by atoms with Crippen molar-refractivity contribution in [2.24, 2.45) is 7.05 Å². The van der Waals surface area contributed by atoms with Crippen LogP contribution in [0, 0.1) is 5.82 Å². The molecule has 0 saturated heterocycles. The summed E-state index contributed by atoms with van der Waals surface area (Å²) >= 11 is 0. The van der Waals surface area contributed by atoms with Crippen molar-refractivity contribution in [2.45, 2.75) is 6.18 Å². The molecule has 1 aromatic rings. The topological polar surface area (TPSA) is 73.6 Å². The first-order chi connectivity index (χ1) is 7.70. The lowest BCUT2D eigenvalue weighted by molar-refractivity contribution is -0.154. The predicted octanol–water partition coefficient (Wildman–Crippen LogP) is 1.56. The molecule has 0 aliphatic carbocycles. The third-order valence-electron chi connectivity index (χ3n) is 1.47. The van der Waals surface area contributed by atoms with Crippen molar-refractivity contribution in [2.75, 3.05) is 6.61 Å². The van der Waals surface area contributed by atoms with Gasteiger partial charge in [0.1, 0.15) is 0 Å². The van der Waals surface area contributed by atoms with Gasteiger partial charge in [0.25, 0.3) is 11.8 Å². The number of hydrogen-bond donors (Lipinski definition) is 1. The molecule has 0 unspecified atom stereocenters. The molecule has 1 aromatic heterocycles. The maximum atomic E-state index is 13.3. The highest BCUT2D eigenvalue weighted by atomic mass is 19.4. The van der Waals surface area contributed by atoms with E-state index in [9.17, 15) is 22.4 Å². The highest BCUT2D eigenvalue weighted by molar-refractivity contribution is 5.60. The first-order valence-electron chi connectivity index (χ1n) is 4.03. The van der Waals surface area contributed by atoms with Crippen molar-refractivity contribution in [3.63, 3.8) is 0 Å². The number of halogens is 4. The van der Waals surface area contributed by atoms with E-state index in [0.29, 0.717) is 4.68 Å². The molecule has 17 heavy (non-hydrogen) atoms. The molecular weight excluding hydrogens is 252 g/mol. The van der Waals surface area contributed by atoms with Crippen LogP contribution in [0.2, 0.25) is 0 Å². The number of nitrogens with zero attached hydrogens (tertiary/aromatic N) is 2. The van der Waals surface area contributed by atoms with Gasteiger partial charge in [0.05, 0.1) is 0 Å². The Morgan fingerprint density at radius 3 is 2.59 bits per heavy atom. The van der Waals surface area contributed by atoms with Gasteiger partial charge in [-0.05, 0) is 0 Å². The molecule has 0 spiro atoms. The summed E-state index contributed by atoms with van der Waals surface area (Å²) in [5.74, 6) is -3.25. The highest BCUT2D eigenvalue weighted by Gasteiger charge is 2.31. The van der Waals surface area contributed by atoms with E-state index in [4.69, 9.17) is 5.11 Å². The second-order valence-electron chi connectivity index (χ2n) is 2.82. The standard InChI is InChI=1S/C7H6F4N2O4/c1-13-5(17-6(14)15)3(8)4(12-13)16-2-7(9,10)11/h2H2,1H3,(H,14,15). The zero-order valence-electron chi connectivity index (χ0n) is 8.29. The van der Waals surface area contributed by atoms with Crippen LogP contribution in [0.5, 0.6) is 11.8 Å². The summed E-state index contributed by atoms with van der Waals surface area (Å²) in [6.45, 7) is -1.74. The Morgan fingerprint density at radius 2 is 2.12 bits per heavy atom. The molecule has 0 fully saturated rings. The van der Waals surface area contributed by atoms with Crippen molar-refractivity contribution in [1.82, 2.24) is 9.78 Å². The fraction of sp³-hybridized carbons (Fsp3) is 0.429. The lowest BCUT2D eigenvalue weighted by Gasteiger charge is -2.05. The fourth-order valence-corrected chi connectivity index (χ4v) is 0.895. The first kappa shape index (κ1) is 13.1. The Balaban J connectivity index is 2.85. The summed E-state index contributed by atoms with van der Waals surface area (Å²) in [5.41, 5.74) is 0. The molecule has 1 rings (SSSR count). The number of carbonyl (C=O) groups is 1. The second-order valence-corrected chi connectivity index (χ2v) is 2.82. The van der Waals surface area contributed by atoms with Crippen molar-refractivity contribution >= 4 is 6.16 Å². The largest absolute Gasteiger partial charge is 0.512 e. The number of aryl methyl sites for hydroxylation is 1. The first-order valence-corrected chi connectivity index (χ1v) is 4.03. The Kier molecular flexibility index (Phi) is 3.44. The minimum atomic E-state index is -4.65. The van der Waals surface area contributed by atoms with Crippen LogP contribution in [0.4, 0.5) is 22.4 Å². The van der Waals surface area contributed by atoms with Crippen LogP contribution >= 0.6 is 0 Å². The smallest absolute Gasteiger partial charge is 0.465 e. The molecule has 0 amide bonds. The molecule has 96 valence electrons. The van der Waals surface area contributed by atoms with Crippen LogP contribution in [0.3, 0.4) is 0 Å². The molecule has 0 radical (unpaired) electrons. The molecule has 0 aliphatic heterocycles. The monoisotopic (exact) mass is 258 g/mol.